The van der Waals surface area contributed by atoms with Crippen LogP contribution in [0.5, 0.6) is 5.75 Å². The fourth-order valence-electron chi connectivity index (χ4n) is 3.69. The second-order valence-electron chi connectivity index (χ2n) is 8.15. The Morgan fingerprint density at radius 1 is 0.970 bits per heavy atom. The number of aryl methyl sites for hydroxylation is 3. The smallest absolute Gasteiger partial charge is 0.264 e. The maximum atomic E-state index is 13.6. The third kappa shape index (κ3) is 5.54. The number of nitrogens with zero attached hydrogens (tertiary/aromatic N) is 1. The Kier molecular flexibility index (Phi) is 7.43. The third-order valence-electron chi connectivity index (χ3n) is 5.53. The number of sulfonamides is 1. The van der Waals surface area contributed by atoms with Gasteiger partial charge in [0.15, 0.2) is 0 Å². The molecule has 7 heteroatoms. The standard InChI is InChI=1S/C26H30N2O4S/c1-18-11-14-22(15-12-18)33(30,31)28(24-8-6-7-9-25(24)32-5)17-26(29)27-21(4)23-16-19(2)10-13-20(23)3/h6-16,21H,17H2,1-5H3,(H,27,29). The number of carbonyl (C=O) groups excluding carboxylic acids is 1. The Hall–Kier alpha value is -3.32. The summed E-state index contributed by atoms with van der Waals surface area (Å²) in [6.07, 6.45) is 0. The highest BCUT2D eigenvalue weighted by molar-refractivity contribution is 7.92. The Labute approximate surface area is 196 Å². The topological polar surface area (TPSA) is 75.7 Å². The summed E-state index contributed by atoms with van der Waals surface area (Å²) in [7, 11) is -2.55. The predicted molar refractivity (Wildman–Crippen MR) is 131 cm³/mol. The summed E-state index contributed by atoms with van der Waals surface area (Å²) >= 11 is 0. The van der Waals surface area contributed by atoms with Gasteiger partial charge in [0, 0.05) is 0 Å². The number of amides is 1. The van der Waals surface area contributed by atoms with Gasteiger partial charge in [-0.05, 0) is 63.1 Å². The van der Waals surface area contributed by atoms with Crippen molar-refractivity contribution in [3.63, 3.8) is 0 Å². The van der Waals surface area contributed by atoms with Crippen molar-refractivity contribution >= 4 is 21.6 Å². The van der Waals surface area contributed by atoms with Crippen molar-refractivity contribution < 1.29 is 17.9 Å². The van der Waals surface area contributed by atoms with E-state index in [-0.39, 0.29) is 17.5 Å². The van der Waals surface area contributed by atoms with Crippen LogP contribution < -0.4 is 14.4 Å². The lowest BCUT2D eigenvalue weighted by Crippen LogP contribution is -2.41. The van der Waals surface area contributed by atoms with Crippen molar-refractivity contribution in [3.8, 4) is 5.75 Å². The third-order valence-corrected chi connectivity index (χ3v) is 7.30. The van der Waals surface area contributed by atoms with Crippen LogP contribution in [-0.4, -0.2) is 28.0 Å². The number of methoxy groups -OCH3 is 1. The van der Waals surface area contributed by atoms with Crippen LogP contribution in [0.25, 0.3) is 0 Å². The van der Waals surface area contributed by atoms with E-state index in [0.29, 0.717) is 11.4 Å². The van der Waals surface area contributed by atoms with Crippen molar-refractivity contribution in [2.45, 2.75) is 38.6 Å². The Balaban J connectivity index is 1.95. The van der Waals surface area contributed by atoms with Crippen molar-refractivity contribution in [1.82, 2.24) is 5.32 Å². The van der Waals surface area contributed by atoms with Crippen molar-refractivity contribution in [2.75, 3.05) is 18.0 Å². The molecule has 3 rings (SSSR count). The average Bonchev–Trinajstić information content (AvgIpc) is 2.79. The Morgan fingerprint density at radius 3 is 2.27 bits per heavy atom. The van der Waals surface area contributed by atoms with E-state index in [4.69, 9.17) is 4.74 Å². The van der Waals surface area contributed by atoms with Gasteiger partial charge in [-0.2, -0.15) is 0 Å². The molecule has 0 saturated heterocycles. The fourth-order valence-corrected chi connectivity index (χ4v) is 5.13. The van der Waals surface area contributed by atoms with Gasteiger partial charge >= 0.3 is 0 Å². The van der Waals surface area contributed by atoms with Gasteiger partial charge in [0.05, 0.1) is 23.7 Å². The number of carbonyl (C=O) groups is 1. The molecule has 0 saturated carbocycles. The lowest BCUT2D eigenvalue weighted by Gasteiger charge is -2.26. The van der Waals surface area contributed by atoms with Crippen LogP contribution in [0.4, 0.5) is 5.69 Å². The summed E-state index contributed by atoms with van der Waals surface area (Å²) in [5.74, 6) is -0.0476. The molecule has 0 aliphatic carbocycles. The summed E-state index contributed by atoms with van der Waals surface area (Å²) in [6.45, 7) is 7.37. The van der Waals surface area contributed by atoms with E-state index in [1.165, 1.54) is 7.11 Å². The highest BCUT2D eigenvalue weighted by atomic mass is 32.2. The van der Waals surface area contributed by atoms with Gasteiger partial charge in [-0.25, -0.2) is 8.42 Å². The van der Waals surface area contributed by atoms with Gasteiger partial charge in [-0.15, -0.1) is 0 Å². The van der Waals surface area contributed by atoms with E-state index >= 15 is 0 Å². The van der Waals surface area contributed by atoms with Crippen LogP contribution in [0.3, 0.4) is 0 Å². The highest BCUT2D eigenvalue weighted by Crippen LogP contribution is 2.32. The molecular weight excluding hydrogens is 436 g/mol. The summed E-state index contributed by atoms with van der Waals surface area (Å²) in [5, 5.41) is 2.95. The number of rotatable bonds is 8. The molecule has 1 unspecified atom stereocenters. The maximum Gasteiger partial charge on any atom is 0.264 e. The average molecular weight is 467 g/mol. The molecule has 3 aromatic rings. The minimum Gasteiger partial charge on any atom is -0.495 e. The molecule has 0 fully saturated rings. The quantitative estimate of drug-likeness (QED) is 0.522. The molecule has 6 nitrogen and oxygen atoms in total. The van der Waals surface area contributed by atoms with E-state index < -0.39 is 15.9 Å². The highest BCUT2D eigenvalue weighted by Gasteiger charge is 2.29. The van der Waals surface area contributed by atoms with E-state index in [0.717, 1.165) is 26.6 Å². The number of hydrogen-bond donors (Lipinski definition) is 1. The number of hydrogen-bond acceptors (Lipinski definition) is 4. The van der Waals surface area contributed by atoms with Gasteiger partial charge in [0.2, 0.25) is 5.91 Å². The molecule has 3 aromatic carbocycles. The first-order chi connectivity index (χ1) is 15.6. The lowest BCUT2D eigenvalue weighted by atomic mass is 10.00. The Bertz CT molecular complexity index is 1240. The largest absolute Gasteiger partial charge is 0.495 e. The first-order valence-electron chi connectivity index (χ1n) is 10.7. The number of benzene rings is 3. The molecule has 174 valence electrons. The molecule has 0 aliphatic rings. The minimum atomic E-state index is -4.02. The second kappa shape index (κ2) is 10.1. The van der Waals surface area contributed by atoms with Crippen molar-refractivity contribution in [2.24, 2.45) is 0 Å². The molecule has 0 spiro atoms. The maximum absolute atomic E-state index is 13.6. The molecule has 1 amide bonds. The van der Waals surface area contributed by atoms with Crippen LogP contribution in [0, 0.1) is 20.8 Å². The van der Waals surface area contributed by atoms with E-state index in [1.807, 2.05) is 45.9 Å². The zero-order valence-corrected chi connectivity index (χ0v) is 20.4. The number of nitrogens with one attached hydrogen (secondary N) is 1. The first kappa shape index (κ1) is 24.3. The number of anilines is 1. The van der Waals surface area contributed by atoms with Gasteiger partial charge in [0.25, 0.3) is 10.0 Å². The molecule has 0 aromatic heterocycles. The zero-order valence-electron chi connectivity index (χ0n) is 19.6. The van der Waals surface area contributed by atoms with E-state index in [1.54, 1.807) is 48.5 Å². The fraction of sp³-hybridized carbons (Fsp3) is 0.269. The van der Waals surface area contributed by atoms with Crippen molar-refractivity contribution in [3.05, 3.63) is 89.0 Å². The van der Waals surface area contributed by atoms with Gasteiger partial charge in [0.1, 0.15) is 12.3 Å². The summed E-state index contributed by atoms with van der Waals surface area (Å²) < 4.78 is 33.7. The number of ether oxygens (including phenoxy) is 1. The molecule has 1 atom stereocenters. The molecular formula is C26H30N2O4S. The van der Waals surface area contributed by atoms with Crippen LogP contribution in [-0.2, 0) is 14.8 Å². The first-order valence-corrected chi connectivity index (χ1v) is 12.2. The van der Waals surface area contributed by atoms with Gasteiger partial charge in [-0.3, -0.25) is 9.10 Å². The molecule has 33 heavy (non-hydrogen) atoms. The molecule has 1 N–H and O–H groups in total. The monoisotopic (exact) mass is 466 g/mol. The molecule has 0 bridgehead atoms. The second-order valence-corrected chi connectivity index (χ2v) is 10.0. The predicted octanol–water partition coefficient (Wildman–Crippen LogP) is 4.69. The summed E-state index contributed by atoms with van der Waals surface area (Å²) in [6, 6.07) is 19.1. The summed E-state index contributed by atoms with van der Waals surface area (Å²) in [4.78, 5) is 13.2. The van der Waals surface area contributed by atoms with E-state index in [2.05, 4.69) is 5.32 Å². The molecule has 0 heterocycles. The van der Waals surface area contributed by atoms with Crippen LogP contribution >= 0.6 is 0 Å². The van der Waals surface area contributed by atoms with Crippen LogP contribution in [0.15, 0.2) is 71.6 Å². The van der Waals surface area contributed by atoms with Gasteiger partial charge in [-0.1, -0.05) is 53.6 Å². The zero-order chi connectivity index (χ0) is 24.2. The van der Waals surface area contributed by atoms with Crippen LogP contribution in [0.2, 0.25) is 0 Å². The summed E-state index contributed by atoms with van der Waals surface area (Å²) in [5.41, 5.74) is 4.39. The lowest BCUT2D eigenvalue weighted by molar-refractivity contribution is -0.120. The van der Waals surface area contributed by atoms with E-state index in [9.17, 15) is 13.2 Å². The SMILES string of the molecule is COc1ccccc1N(CC(=O)NC(C)c1cc(C)ccc1C)S(=O)(=O)c1ccc(C)cc1. The number of para-hydroxylation sites is 2. The Morgan fingerprint density at radius 2 is 1.61 bits per heavy atom. The van der Waals surface area contributed by atoms with Gasteiger partial charge < -0.3 is 10.1 Å². The molecule has 0 aliphatic heterocycles. The van der Waals surface area contributed by atoms with Crippen LogP contribution in [0.1, 0.15) is 35.2 Å². The van der Waals surface area contributed by atoms with Crippen molar-refractivity contribution in [1.29, 1.82) is 0 Å². The molecule has 0 radical (unpaired) electrons. The normalized spacial score (nSPS) is 12.2. The minimum absolute atomic E-state index is 0.106.